The lowest BCUT2D eigenvalue weighted by molar-refractivity contribution is -0.133. The van der Waals surface area contributed by atoms with Crippen LogP contribution in [0, 0.1) is 5.82 Å². The van der Waals surface area contributed by atoms with Gasteiger partial charge in [0.2, 0.25) is 0 Å². The Labute approximate surface area is 102 Å². The van der Waals surface area contributed by atoms with Crippen molar-refractivity contribution in [1.82, 2.24) is 4.31 Å². The largest absolute Gasteiger partial charge is 0.505 e. The minimum atomic E-state index is -4.18. The maximum atomic E-state index is 13.1. The Morgan fingerprint density at radius 1 is 1.39 bits per heavy atom. The van der Waals surface area contributed by atoms with Crippen LogP contribution in [0.4, 0.5) is 4.39 Å². The summed E-state index contributed by atoms with van der Waals surface area (Å²) in [5.74, 6) is -3.10. The van der Waals surface area contributed by atoms with Crippen LogP contribution < -0.4 is 0 Å². The van der Waals surface area contributed by atoms with E-state index in [0.29, 0.717) is 4.31 Å². The summed E-state index contributed by atoms with van der Waals surface area (Å²) >= 11 is 0. The molecule has 0 atom stereocenters. The van der Waals surface area contributed by atoms with Gasteiger partial charge in [-0.1, -0.05) is 0 Å². The third-order valence-corrected chi connectivity index (χ3v) is 4.38. The van der Waals surface area contributed by atoms with E-state index in [1.54, 1.807) is 0 Å². The molecule has 2 rings (SSSR count). The van der Waals surface area contributed by atoms with Gasteiger partial charge in [-0.15, -0.1) is 0 Å². The van der Waals surface area contributed by atoms with E-state index in [9.17, 15) is 22.7 Å². The van der Waals surface area contributed by atoms with Crippen LogP contribution in [0.25, 0.3) is 5.76 Å². The number of nitrogens with zero attached hydrogens (tertiary/aromatic N) is 1. The van der Waals surface area contributed by atoms with Gasteiger partial charge in [-0.05, 0) is 18.2 Å². The van der Waals surface area contributed by atoms with Gasteiger partial charge >= 0.3 is 5.97 Å². The third kappa shape index (κ3) is 1.53. The summed E-state index contributed by atoms with van der Waals surface area (Å²) in [6.07, 6.45) is 0. The summed E-state index contributed by atoms with van der Waals surface area (Å²) in [6.45, 7) is 0. The standard InChI is InChI=1S/C10H8FNO5S/c1-12-8(10(14)15)9(13)6-3-2-5(11)4-7(6)18(12,16)17/h2-4,13H,1H3,(H,14,15). The molecule has 0 aliphatic carbocycles. The van der Waals surface area contributed by atoms with Crippen LogP contribution in [0.2, 0.25) is 0 Å². The van der Waals surface area contributed by atoms with Crippen molar-refractivity contribution < 1.29 is 27.8 Å². The van der Waals surface area contributed by atoms with Crippen LogP contribution in [-0.4, -0.2) is 36.0 Å². The summed E-state index contributed by atoms with van der Waals surface area (Å²) < 4.78 is 37.4. The molecule has 0 aromatic heterocycles. The van der Waals surface area contributed by atoms with Crippen LogP contribution in [0.15, 0.2) is 28.8 Å². The molecule has 96 valence electrons. The van der Waals surface area contributed by atoms with Crippen molar-refractivity contribution in [1.29, 1.82) is 0 Å². The molecule has 2 N–H and O–H groups in total. The molecule has 1 aromatic carbocycles. The number of benzene rings is 1. The van der Waals surface area contributed by atoms with Crippen molar-refractivity contribution in [2.45, 2.75) is 4.90 Å². The summed E-state index contributed by atoms with van der Waals surface area (Å²) in [7, 11) is -3.20. The number of rotatable bonds is 1. The molecule has 0 saturated heterocycles. The lowest BCUT2D eigenvalue weighted by Gasteiger charge is -2.26. The highest BCUT2D eigenvalue weighted by atomic mass is 32.2. The molecule has 0 unspecified atom stereocenters. The molecule has 0 bridgehead atoms. The van der Waals surface area contributed by atoms with Crippen molar-refractivity contribution in [2.24, 2.45) is 0 Å². The Kier molecular flexibility index (Phi) is 2.54. The molecule has 0 amide bonds. The summed E-state index contributed by atoms with van der Waals surface area (Å²) in [5.41, 5.74) is -0.999. The Morgan fingerprint density at radius 2 is 2.00 bits per heavy atom. The number of aliphatic hydroxyl groups excluding tert-OH is 1. The molecular formula is C10H8FNO5S. The SMILES string of the molecule is CN1C(C(=O)O)=C(O)c2ccc(F)cc2S1(=O)=O. The van der Waals surface area contributed by atoms with E-state index >= 15 is 0 Å². The molecule has 0 fully saturated rings. The molecule has 1 aromatic rings. The monoisotopic (exact) mass is 273 g/mol. The van der Waals surface area contributed by atoms with E-state index in [1.807, 2.05) is 0 Å². The maximum Gasteiger partial charge on any atom is 0.357 e. The molecule has 1 aliphatic heterocycles. The third-order valence-electron chi connectivity index (χ3n) is 2.58. The van der Waals surface area contributed by atoms with Crippen LogP contribution in [-0.2, 0) is 14.8 Å². The zero-order valence-electron chi connectivity index (χ0n) is 9.08. The lowest BCUT2D eigenvalue weighted by atomic mass is 10.1. The highest BCUT2D eigenvalue weighted by molar-refractivity contribution is 7.89. The van der Waals surface area contributed by atoms with E-state index in [1.165, 1.54) is 0 Å². The van der Waals surface area contributed by atoms with Crippen LogP contribution in [0.1, 0.15) is 5.56 Å². The lowest BCUT2D eigenvalue weighted by Crippen LogP contribution is -2.35. The van der Waals surface area contributed by atoms with E-state index < -0.39 is 38.2 Å². The van der Waals surface area contributed by atoms with E-state index in [-0.39, 0.29) is 5.56 Å². The predicted molar refractivity (Wildman–Crippen MR) is 58.5 cm³/mol. The van der Waals surface area contributed by atoms with Crippen molar-refractivity contribution in [3.8, 4) is 0 Å². The van der Waals surface area contributed by atoms with Gasteiger partial charge in [-0.2, -0.15) is 0 Å². The van der Waals surface area contributed by atoms with Gasteiger partial charge in [-0.25, -0.2) is 17.6 Å². The molecule has 1 heterocycles. The summed E-state index contributed by atoms with van der Waals surface area (Å²) in [6, 6.07) is 2.69. The number of likely N-dealkylation sites (N-methyl/N-ethyl adjacent to an activating group) is 1. The van der Waals surface area contributed by atoms with E-state index in [2.05, 4.69) is 0 Å². The fourth-order valence-electron chi connectivity index (χ4n) is 1.69. The zero-order valence-corrected chi connectivity index (χ0v) is 9.90. The van der Waals surface area contributed by atoms with Gasteiger partial charge in [0.25, 0.3) is 10.0 Å². The smallest absolute Gasteiger partial charge is 0.357 e. The van der Waals surface area contributed by atoms with E-state index in [0.717, 1.165) is 25.2 Å². The molecule has 18 heavy (non-hydrogen) atoms. The van der Waals surface area contributed by atoms with Crippen molar-refractivity contribution in [3.05, 3.63) is 35.3 Å². The molecule has 8 heteroatoms. The molecule has 6 nitrogen and oxygen atoms in total. The maximum absolute atomic E-state index is 13.1. The fraction of sp³-hybridized carbons (Fsp3) is 0.100. The van der Waals surface area contributed by atoms with Crippen LogP contribution >= 0.6 is 0 Å². The van der Waals surface area contributed by atoms with Gasteiger partial charge in [0.15, 0.2) is 11.5 Å². The Hall–Kier alpha value is -2.09. The summed E-state index contributed by atoms with van der Waals surface area (Å²) in [5, 5.41) is 18.6. The van der Waals surface area contributed by atoms with Crippen molar-refractivity contribution in [2.75, 3.05) is 7.05 Å². The number of halogens is 1. The quantitative estimate of drug-likeness (QED) is 0.788. The van der Waals surface area contributed by atoms with Gasteiger partial charge in [-0.3, -0.25) is 4.31 Å². The van der Waals surface area contributed by atoms with Crippen LogP contribution in [0.5, 0.6) is 0 Å². The Bertz CT molecular complexity index is 680. The fourth-order valence-corrected chi connectivity index (χ4v) is 3.09. The first kappa shape index (κ1) is 12.4. The number of aliphatic carboxylic acids is 1. The van der Waals surface area contributed by atoms with Gasteiger partial charge < -0.3 is 10.2 Å². The highest BCUT2D eigenvalue weighted by Crippen LogP contribution is 2.34. The number of sulfonamides is 1. The Morgan fingerprint density at radius 3 is 2.56 bits per heavy atom. The average molecular weight is 273 g/mol. The number of fused-ring (bicyclic) bond motifs is 1. The highest BCUT2D eigenvalue weighted by Gasteiger charge is 2.38. The number of hydrogen-bond donors (Lipinski definition) is 2. The molecule has 0 saturated carbocycles. The van der Waals surface area contributed by atoms with E-state index in [4.69, 9.17) is 5.11 Å². The second kappa shape index (κ2) is 3.70. The molecule has 0 radical (unpaired) electrons. The Balaban J connectivity index is 2.89. The number of hydrogen-bond acceptors (Lipinski definition) is 4. The van der Waals surface area contributed by atoms with Crippen molar-refractivity contribution in [3.63, 3.8) is 0 Å². The number of carboxylic acid groups (broad SMARTS) is 1. The molecule has 1 aliphatic rings. The topological polar surface area (TPSA) is 94.9 Å². The van der Waals surface area contributed by atoms with Gasteiger partial charge in [0, 0.05) is 12.6 Å². The van der Waals surface area contributed by atoms with Crippen molar-refractivity contribution >= 4 is 21.8 Å². The normalized spacial score (nSPS) is 17.6. The second-order valence-electron chi connectivity index (χ2n) is 3.62. The van der Waals surface area contributed by atoms with Gasteiger partial charge in [0.05, 0.1) is 0 Å². The minimum Gasteiger partial charge on any atom is -0.505 e. The number of carboxylic acids is 1. The average Bonchev–Trinajstić information content (AvgIpc) is 2.26. The number of aliphatic hydroxyl groups is 1. The first-order valence-corrected chi connectivity index (χ1v) is 6.16. The summed E-state index contributed by atoms with van der Waals surface area (Å²) in [4.78, 5) is 10.5. The predicted octanol–water partition coefficient (Wildman–Crippen LogP) is 0.771. The zero-order chi connectivity index (χ0) is 13.7. The minimum absolute atomic E-state index is 0.230. The molecular weight excluding hydrogens is 265 g/mol. The second-order valence-corrected chi connectivity index (χ2v) is 5.55. The first-order chi connectivity index (χ1) is 8.26. The van der Waals surface area contributed by atoms with Crippen LogP contribution in [0.3, 0.4) is 0 Å². The van der Waals surface area contributed by atoms with Gasteiger partial charge in [0.1, 0.15) is 10.7 Å². The first-order valence-electron chi connectivity index (χ1n) is 4.72. The number of carbonyl (C=O) groups is 1. The molecule has 0 spiro atoms.